The van der Waals surface area contributed by atoms with Crippen LogP contribution in [0.2, 0.25) is 0 Å². The lowest BCUT2D eigenvalue weighted by atomic mass is 9.87. The fraction of sp³-hybridized carbons (Fsp3) is 0.321. The van der Waals surface area contributed by atoms with Crippen molar-refractivity contribution in [2.45, 2.75) is 53.5 Å². The lowest BCUT2D eigenvalue weighted by molar-refractivity contribution is 0.0997. The van der Waals surface area contributed by atoms with Crippen LogP contribution in [0.25, 0.3) is 16.7 Å². The predicted molar refractivity (Wildman–Crippen MR) is 136 cm³/mol. The average molecular weight is 468 g/mol. The van der Waals surface area contributed by atoms with Gasteiger partial charge in [0.15, 0.2) is 5.49 Å². The number of carbonyl (C=O) groups is 1. The van der Waals surface area contributed by atoms with E-state index in [1.54, 1.807) is 29.0 Å². The van der Waals surface area contributed by atoms with Gasteiger partial charge in [-0.25, -0.2) is 4.98 Å². The summed E-state index contributed by atoms with van der Waals surface area (Å²) in [5.41, 5.74) is 3.39. The number of aromatic nitrogens is 3. The van der Waals surface area contributed by atoms with Crippen LogP contribution in [0.1, 0.15) is 61.7 Å². The molecule has 1 amide bonds. The van der Waals surface area contributed by atoms with Crippen molar-refractivity contribution in [3.63, 3.8) is 0 Å². The summed E-state index contributed by atoms with van der Waals surface area (Å²) in [7, 11) is 0. The Morgan fingerprint density at radius 2 is 1.83 bits per heavy atom. The van der Waals surface area contributed by atoms with Crippen molar-refractivity contribution in [3.05, 3.63) is 86.8 Å². The molecule has 0 aliphatic rings. The topological polar surface area (TPSA) is 92.5 Å². The summed E-state index contributed by atoms with van der Waals surface area (Å²) in [5, 5.41) is 10.2. The summed E-state index contributed by atoms with van der Waals surface area (Å²) >= 11 is 0. The van der Waals surface area contributed by atoms with Crippen LogP contribution in [-0.2, 0) is 12.0 Å². The number of amides is 1. The summed E-state index contributed by atoms with van der Waals surface area (Å²) in [6.07, 6.45) is 1.67. The van der Waals surface area contributed by atoms with Gasteiger partial charge in [-0.1, -0.05) is 52.8 Å². The van der Waals surface area contributed by atoms with Gasteiger partial charge in [-0.15, -0.1) is 0 Å². The van der Waals surface area contributed by atoms with E-state index in [1.165, 1.54) is 10.5 Å². The van der Waals surface area contributed by atoms with Crippen molar-refractivity contribution < 1.29 is 4.79 Å². The number of hydrogen-bond donors (Lipinski definition) is 0. The van der Waals surface area contributed by atoms with Crippen molar-refractivity contribution in [1.29, 1.82) is 5.26 Å². The highest BCUT2D eigenvalue weighted by molar-refractivity contribution is 5.95. The summed E-state index contributed by atoms with van der Waals surface area (Å²) in [4.78, 5) is 35.7. The average Bonchev–Trinajstić information content (AvgIpc) is 2.80. The Labute approximate surface area is 204 Å². The zero-order chi connectivity index (χ0) is 25.5. The SMILES string of the molecule is Cc1cccn2c(=O)c3cc(C#N)c(=NC(=O)c4ccc(C(C)(C)C)cc4)n(CC(C)C)c3nc12. The van der Waals surface area contributed by atoms with Crippen LogP contribution in [0.4, 0.5) is 0 Å². The molecule has 0 N–H and O–H groups in total. The molecule has 4 rings (SSSR count). The molecule has 3 aromatic heterocycles. The first-order chi connectivity index (χ1) is 16.5. The summed E-state index contributed by atoms with van der Waals surface area (Å²) in [6, 6.07) is 14.7. The molecule has 178 valence electrons. The van der Waals surface area contributed by atoms with Gasteiger partial charge in [0.25, 0.3) is 11.5 Å². The van der Waals surface area contributed by atoms with E-state index in [2.05, 4.69) is 31.8 Å². The second kappa shape index (κ2) is 8.95. The highest BCUT2D eigenvalue weighted by atomic mass is 16.1. The molecule has 7 heteroatoms. The van der Waals surface area contributed by atoms with Crippen molar-refractivity contribution in [3.8, 4) is 6.07 Å². The lowest BCUT2D eigenvalue weighted by Gasteiger charge is -2.18. The van der Waals surface area contributed by atoms with Crippen LogP contribution in [-0.4, -0.2) is 19.9 Å². The lowest BCUT2D eigenvalue weighted by Crippen LogP contribution is -2.31. The highest BCUT2D eigenvalue weighted by Crippen LogP contribution is 2.22. The highest BCUT2D eigenvalue weighted by Gasteiger charge is 2.18. The number of carbonyl (C=O) groups excluding carboxylic acids is 1. The molecule has 0 saturated carbocycles. The number of fused-ring (bicyclic) bond motifs is 2. The molecule has 0 aliphatic heterocycles. The van der Waals surface area contributed by atoms with E-state index in [-0.39, 0.29) is 27.9 Å². The Bertz CT molecular complexity index is 1630. The van der Waals surface area contributed by atoms with E-state index in [9.17, 15) is 14.9 Å². The van der Waals surface area contributed by atoms with Crippen LogP contribution in [0.15, 0.2) is 58.4 Å². The Kier molecular flexibility index (Phi) is 6.16. The maximum atomic E-state index is 13.3. The number of benzene rings is 1. The molecule has 0 fully saturated rings. The normalized spacial score (nSPS) is 12.5. The molecule has 0 aliphatic carbocycles. The van der Waals surface area contributed by atoms with Gasteiger partial charge in [0.1, 0.15) is 17.4 Å². The number of aryl methyl sites for hydroxylation is 1. The fourth-order valence-electron chi connectivity index (χ4n) is 4.10. The zero-order valence-corrected chi connectivity index (χ0v) is 21.0. The zero-order valence-electron chi connectivity index (χ0n) is 21.0. The molecule has 1 aromatic carbocycles. The third kappa shape index (κ3) is 4.52. The quantitative estimate of drug-likeness (QED) is 0.414. The summed E-state index contributed by atoms with van der Waals surface area (Å²) in [6.45, 7) is 12.7. The van der Waals surface area contributed by atoms with Gasteiger partial charge in [0.2, 0.25) is 0 Å². The minimum atomic E-state index is -0.451. The van der Waals surface area contributed by atoms with Crippen LogP contribution in [0.3, 0.4) is 0 Å². The molecule has 3 heterocycles. The van der Waals surface area contributed by atoms with Crippen molar-refractivity contribution in [2.24, 2.45) is 10.9 Å². The van der Waals surface area contributed by atoms with Gasteiger partial charge in [0.05, 0.1) is 10.9 Å². The maximum Gasteiger partial charge on any atom is 0.278 e. The molecule has 0 spiro atoms. The van der Waals surface area contributed by atoms with Gasteiger partial charge >= 0.3 is 0 Å². The van der Waals surface area contributed by atoms with E-state index in [1.807, 2.05) is 39.0 Å². The fourth-order valence-corrected chi connectivity index (χ4v) is 4.10. The van der Waals surface area contributed by atoms with Crippen LogP contribution < -0.4 is 11.0 Å². The molecular weight excluding hydrogens is 438 g/mol. The molecule has 0 atom stereocenters. The third-order valence-corrected chi connectivity index (χ3v) is 5.98. The molecular formula is C28H29N5O2. The molecule has 4 aromatic rings. The number of nitrogens with zero attached hydrogens (tertiary/aromatic N) is 5. The third-order valence-electron chi connectivity index (χ3n) is 5.98. The number of nitriles is 1. The Morgan fingerprint density at radius 3 is 2.43 bits per heavy atom. The van der Waals surface area contributed by atoms with E-state index in [4.69, 9.17) is 4.98 Å². The van der Waals surface area contributed by atoms with Gasteiger partial charge in [-0.3, -0.25) is 14.0 Å². The van der Waals surface area contributed by atoms with Crippen LogP contribution in [0.5, 0.6) is 0 Å². The first-order valence-electron chi connectivity index (χ1n) is 11.7. The Morgan fingerprint density at radius 1 is 1.14 bits per heavy atom. The molecule has 0 unspecified atom stereocenters. The summed E-state index contributed by atoms with van der Waals surface area (Å²) in [5.74, 6) is -0.295. The van der Waals surface area contributed by atoms with E-state index in [0.717, 1.165) is 11.1 Å². The van der Waals surface area contributed by atoms with E-state index >= 15 is 0 Å². The number of hydrogen-bond acceptors (Lipinski definition) is 4. The monoisotopic (exact) mass is 467 g/mol. The molecule has 0 saturated heterocycles. The minimum absolute atomic E-state index is 0.0358. The summed E-state index contributed by atoms with van der Waals surface area (Å²) < 4.78 is 3.21. The molecule has 0 bridgehead atoms. The Balaban J connectivity index is 2.02. The molecule has 7 nitrogen and oxygen atoms in total. The minimum Gasteiger partial charge on any atom is -0.309 e. The van der Waals surface area contributed by atoms with E-state index in [0.29, 0.717) is 28.8 Å². The number of rotatable bonds is 3. The van der Waals surface area contributed by atoms with Gasteiger partial charge in [-0.2, -0.15) is 10.3 Å². The van der Waals surface area contributed by atoms with Gasteiger partial charge in [-0.05, 0) is 53.6 Å². The number of pyridine rings is 2. The second-order valence-electron chi connectivity index (χ2n) is 10.3. The largest absolute Gasteiger partial charge is 0.309 e. The van der Waals surface area contributed by atoms with Gasteiger partial charge in [0, 0.05) is 18.3 Å². The smallest absolute Gasteiger partial charge is 0.278 e. The van der Waals surface area contributed by atoms with Crippen LogP contribution >= 0.6 is 0 Å². The van der Waals surface area contributed by atoms with Crippen molar-refractivity contribution in [2.75, 3.05) is 0 Å². The first kappa shape index (κ1) is 24.1. The second-order valence-corrected chi connectivity index (χ2v) is 10.3. The molecule has 0 radical (unpaired) electrons. The maximum absolute atomic E-state index is 13.3. The first-order valence-corrected chi connectivity index (χ1v) is 11.7. The van der Waals surface area contributed by atoms with Crippen molar-refractivity contribution >= 4 is 22.6 Å². The molecule has 35 heavy (non-hydrogen) atoms. The van der Waals surface area contributed by atoms with E-state index < -0.39 is 5.91 Å². The predicted octanol–water partition coefficient (Wildman–Crippen LogP) is 4.52. The standard InChI is InChI=1S/C28H29N5O2/c1-17(2)16-33-24(31-26(34)19-9-11-21(12-10-19)28(4,5)6)20(15-29)14-22-25(33)30-23-18(3)8-7-13-32(23)27(22)35/h7-14,17H,16H2,1-6H3. The van der Waals surface area contributed by atoms with Crippen molar-refractivity contribution in [1.82, 2.24) is 14.0 Å². The van der Waals surface area contributed by atoms with Gasteiger partial charge < -0.3 is 4.57 Å². The Hall–Kier alpha value is -4.05. The van der Waals surface area contributed by atoms with Crippen LogP contribution in [0, 0.1) is 24.2 Å².